The molecule has 2 atom stereocenters. The quantitative estimate of drug-likeness (QED) is 0.923. The largest absolute Gasteiger partial charge is 0.391 e. The molecule has 1 aromatic carbocycles. The molecule has 1 N–H and O–H groups in total. The number of aryl methyl sites for hydroxylation is 1. The van der Waals surface area contributed by atoms with Crippen LogP contribution in [-0.4, -0.2) is 27.0 Å². The Balaban J connectivity index is 1.92. The molecule has 1 saturated carbocycles. The Bertz CT molecular complexity index is 677. The van der Waals surface area contributed by atoms with E-state index in [0.29, 0.717) is 0 Å². The fraction of sp³-hybridized carbons (Fsp3) is 0.467. The summed E-state index contributed by atoms with van der Waals surface area (Å²) in [7, 11) is 1.89. The van der Waals surface area contributed by atoms with Gasteiger partial charge in [0.15, 0.2) is 0 Å². The Morgan fingerprint density at radius 3 is 2.71 bits per heavy atom. The molecular weight excluding hydrogens is 306 g/mol. The Kier molecular flexibility index (Phi) is 4.42. The highest BCUT2D eigenvalue weighted by Crippen LogP contribution is 2.23. The van der Waals surface area contributed by atoms with Crippen LogP contribution in [0, 0.1) is 0 Å². The number of hydrogen-bond donors (Lipinski definition) is 1. The van der Waals surface area contributed by atoms with Crippen LogP contribution in [0.5, 0.6) is 0 Å². The molecule has 21 heavy (non-hydrogen) atoms. The predicted octanol–water partition coefficient (Wildman–Crippen LogP) is 3.01. The van der Waals surface area contributed by atoms with Crippen molar-refractivity contribution in [2.24, 2.45) is 12.0 Å². The molecule has 0 unspecified atom stereocenters. The summed E-state index contributed by atoms with van der Waals surface area (Å²) >= 11 is 7.46. The second-order valence-electron chi connectivity index (χ2n) is 5.37. The van der Waals surface area contributed by atoms with Crippen LogP contribution in [0.15, 0.2) is 29.3 Å². The number of halogens is 1. The Labute approximate surface area is 132 Å². The Morgan fingerprint density at radius 2 is 2.00 bits per heavy atom. The first kappa shape index (κ1) is 14.8. The molecule has 0 aliphatic heterocycles. The SMILES string of the molecule is Cn1nc(-c2ccc(Cl)cc2)s/c1=N/[C@H]1CCCC[C@@H]1O. The summed E-state index contributed by atoms with van der Waals surface area (Å²) in [5.41, 5.74) is 1.03. The molecule has 1 fully saturated rings. The van der Waals surface area contributed by atoms with Crippen LogP contribution >= 0.6 is 22.9 Å². The summed E-state index contributed by atoms with van der Waals surface area (Å²) in [5, 5.41) is 16.2. The molecule has 6 heteroatoms. The van der Waals surface area contributed by atoms with Gasteiger partial charge < -0.3 is 5.11 Å². The average molecular weight is 324 g/mol. The topological polar surface area (TPSA) is 50.4 Å². The molecule has 0 bridgehead atoms. The number of aliphatic hydroxyl groups excluding tert-OH is 1. The van der Waals surface area contributed by atoms with Gasteiger partial charge in [-0.3, -0.25) is 4.99 Å². The van der Waals surface area contributed by atoms with Gasteiger partial charge >= 0.3 is 0 Å². The number of rotatable bonds is 2. The second-order valence-corrected chi connectivity index (χ2v) is 6.76. The van der Waals surface area contributed by atoms with E-state index in [2.05, 4.69) is 5.10 Å². The lowest BCUT2D eigenvalue weighted by Crippen LogP contribution is -2.30. The van der Waals surface area contributed by atoms with Gasteiger partial charge in [-0.25, -0.2) is 4.68 Å². The Morgan fingerprint density at radius 1 is 1.29 bits per heavy atom. The number of benzene rings is 1. The highest BCUT2D eigenvalue weighted by atomic mass is 35.5. The molecular formula is C15H18ClN3OS. The minimum atomic E-state index is -0.320. The number of aliphatic hydroxyl groups is 1. The minimum absolute atomic E-state index is 0.00321. The third-order valence-corrected chi connectivity index (χ3v) is 5.08. The van der Waals surface area contributed by atoms with E-state index >= 15 is 0 Å². The number of hydrogen-bond acceptors (Lipinski definition) is 4. The lowest BCUT2D eigenvalue weighted by atomic mass is 9.93. The lowest BCUT2D eigenvalue weighted by molar-refractivity contribution is 0.107. The highest BCUT2D eigenvalue weighted by molar-refractivity contribution is 7.12. The molecule has 1 aliphatic carbocycles. The molecule has 0 saturated heterocycles. The molecule has 0 spiro atoms. The monoisotopic (exact) mass is 323 g/mol. The third-order valence-electron chi connectivity index (χ3n) is 3.77. The van der Waals surface area contributed by atoms with Crippen molar-refractivity contribution in [3.05, 3.63) is 34.1 Å². The van der Waals surface area contributed by atoms with E-state index in [4.69, 9.17) is 16.6 Å². The third kappa shape index (κ3) is 3.36. The van der Waals surface area contributed by atoms with Gasteiger partial charge in [0.1, 0.15) is 5.01 Å². The van der Waals surface area contributed by atoms with Crippen LogP contribution < -0.4 is 4.80 Å². The van der Waals surface area contributed by atoms with Gasteiger partial charge in [-0.15, -0.1) is 0 Å². The molecule has 0 amide bonds. The van der Waals surface area contributed by atoms with Gasteiger partial charge in [0.05, 0.1) is 12.1 Å². The minimum Gasteiger partial charge on any atom is -0.391 e. The normalized spacial score (nSPS) is 23.5. The molecule has 4 nitrogen and oxygen atoms in total. The van der Waals surface area contributed by atoms with Crippen molar-refractivity contribution in [2.75, 3.05) is 0 Å². The van der Waals surface area contributed by atoms with Crippen molar-refractivity contribution in [3.8, 4) is 10.6 Å². The smallest absolute Gasteiger partial charge is 0.203 e. The van der Waals surface area contributed by atoms with Gasteiger partial charge in [0.2, 0.25) is 4.80 Å². The Hall–Kier alpha value is -1.17. The predicted molar refractivity (Wildman–Crippen MR) is 85.4 cm³/mol. The zero-order chi connectivity index (χ0) is 14.8. The van der Waals surface area contributed by atoms with Crippen molar-refractivity contribution >= 4 is 22.9 Å². The summed E-state index contributed by atoms with van der Waals surface area (Å²) in [6.45, 7) is 0. The van der Waals surface area contributed by atoms with Crippen molar-refractivity contribution in [2.45, 2.75) is 37.8 Å². The molecule has 112 valence electrons. The van der Waals surface area contributed by atoms with Crippen LogP contribution in [0.3, 0.4) is 0 Å². The van der Waals surface area contributed by atoms with E-state index in [0.717, 1.165) is 46.1 Å². The maximum Gasteiger partial charge on any atom is 0.203 e. The second kappa shape index (κ2) is 6.30. The van der Waals surface area contributed by atoms with Gasteiger partial charge in [0, 0.05) is 17.6 Å². The molecule has 2 aromatic rings. The van der Waals surface area contributed by atoms with Gasteiger partial charge in [-0.05, 0) is 25.0 Å². The van der Waals surface area contributed by atoms with Crippen LogP contribution in [0.25, 0.3) is 10.6 Å². The van der Waals surface area contributed by atoms with Crippen molar-refractivity contribution in [3.63, 3.8) is 0 Å². The first-order valence-electron chi connectivity index (χ1n) is 7.15. The highest BCUT2D eigenvalue weighted by Gasteiger charge is 2.22. The molecule has 1 aromatic heterocycles. The van der Waals surface area contributed by atoms with Crippen molar-refractivity contribution in [1.82, 2.24) is 9.78 Å². The first-order chi connectivity index (χ1) is 10.1. The molecule has 0 radical (unpaired) electrons. The molecule has 1 aliphatic rings. The summed E-state index contributed by atoms with van der Waals surface area (Å²) < 4.78 is 1.79. The van der Waals surface area contributed by atoms with E-state index < -0.39 is 0 Å². The van der Waals surface area contributed by atoms with Crippen molar-refractivity contribution < 1.29 is 5.11 Å². The van der Waals surface area contributed by atoms with Gasteiger partial charge in [-0.2, -0.15) is 5.10 Å². The zero-order valence-corrected chi connectivity index (χ0v) is 13.4. The zero-order valence-electron chi connectivity index (χ0n) is 11.9. The van der Waals surface area contributed by atoms with E-state index in [-0.39, 0.29) is 12.1 Å². The summed E-state index contributed by atoms with van der Waals surface area (Å²) in [6, 6.07) is 7.64. The fourth-order valence-corrected chi connectivity index (χ4v) is 3.63. The van der Waals surface area contributed by atoms with Crippen molar-refractivity contribution in [1.29, 1.82) is 0 Å². The van der Waals surface area contributed by atoms with Gasteiger partial charge in [0.25, 0.3) is 0 Å². The summed E-state index contributed by atoms with van der Waals surface area (Å²) in [5.74, 6) is 0. The number of aromatic nitrogens is 2. The van der Waals surface area contributed by atoms with Crippen LogP contribution in [-0.2, 0) is 7.05 Å². The molecule has 3 rings (SSSR count). The first-order valence-corrected chi connectivity index (χ1v) is 8.35. The lowest BCUT2D eigenvalue weighted by Gasteiger charge is -2.23. The standard InChI is InChI=1S/C15H18ClN3OS/c1-19-15(17-12-4-2-3-5-13(12)20)21-14(18-19)10-6-8-11(16)9-7-10/h6-9,12-13,20H,2-5H2,1H3/b17-15+/t12-,13-/m0/s1. The average Bonchev–Trinajstić information content (AvgIpc) is 2.83. The molecule has 1 heterocycles. The van der Waals surface area contributed by atoms with Crippen LogP contribution in [0.4, 0.5) is 0 Å². The van der Waals surface area contributed by atoms with E-state index in [9.17, 15) is 5.11 Å². The summed E-state index contributed by atoms with van der Waals surface area (Å²) in [6.07, 6.45) is 3.71. The maximum absolute atomic E-state index is 10.0. The summed E-state index contributed by atoms with van der Waals surface area (Å²) in [4.78, 5) is 5.56. The van der Waals surface area contributed by atoms with E-state index in [1.54, 1.807) is 16.0 Å². The van der Waals surface area contributed by atoms with E-state index in [1.165, 1.54) is 0 Å². The van der Waals surface area contributed by atoms with E-state index in [1.807, 2.05) is 31.3 Å². The van der Waals surface area contributed by atoms with Crippen LogP contribution in [0.1, 0.15) is 25.7 Å². The van der Waals surface area contributed by atoms with Crippen LogP contribution in [0.2, 0.25) is 5.02 Å². The number of nitrogens with zero attached hydrogens (tertiary/aromatic N) is 3. The van der Waals surface area contributed by atoms with Gasteiger partial charge in [-0.1, -0.05) is 47.9 Å². The fourth-order valence-electron chi connectivity index (χ4n) is 2.56. The maximum atomic E-state index is 10.0.